The van der Waals surface area contributed by atoms with Crippen LogP contribution in [0.2, 0.25) is 0 Å². The zero-order valence-electron chi connectivity index (χ0n) is 10.1. The van der Waals surface area contributed by atoms with Crippen molar-refractivity contribution in [1.29, 1.82) is 0 Å². The van der Waals surface area contributed by atoms with Crippen LogP contribution in [0.4, 0.5) is 8.78 Å². The number of hydrogen-bond acceptors (Lipinski definition) is 4. The number of rotatable bonds is 4. The summed E-state index contributed by atoms with van der Waals surface area (Å²) in [4.78, 5) is 4.09. The molecule has 0 saturated heterocycles. The van der Waals surface area contributed by atoms with E-state index in [1.54, 1.807) is 0 Å². The molecular formula is C12H13F2N3O. The molecule has 0 fully saturated rings. The maximum absolute atomic E-state index is 13.1. The number of benzene rings is 1. The molecule has 96 valence electrons. The van der Waals surface area contributed by atoms with Crippen LogP contribution < -0.4 is 5.32 Å². The van der Waals surface area contributed by atoms with Gasteiger partial charge in [-0.3, -0.25) is 0 Å². The Hall–Kier alpha value is -1.82. The zero-order valence-corrected chi connectivity index (χ0v) is 10.1. The second-order valence-electron chi connectivity index (χ2n) is 4.18. The van der Waals surface area contributed by atoms with Crippen LogP contribution in [0, 0.1) is 11.6 Å². The van der Waals surface area contributed by atoms with Crippen LogP contribution in [0.25, 0.3) is 11.4 Å². The minimum atomic E-state index is -0.931. The van der Waals surface area contributed by atoms with Gasteiger partial charge in [0, 0.05) is 11.6 Å². The van der Waals surface area contributed by atoms with Crippen LogP contribution >= 0.6 is 0 Å². The van der Waals surface area contributed by atoms with Crippen molar-refractivity contribution in [3.63, 3.8) is 0 Å². The van der Waals surface area contributed by atoms with E-state index in [2.05, 4.69) is 15.5 Å². The van der Waals surface area contributed by atoms with E-state index in [1.165, 1.54) is 6.07 Å². The van der Waals surface area contributed by atoms with E-state index < -0.39 is 11.6 Å². The number of nitrogens with one attached hydrogen (secondary N) is 1. The summed E-state index contributed by atoms with van der Waals surface area (Å²) in [5.74, 6) is -1.18. The van der Waals surface area contributed by atoms with Gasteiger partial charge in [-0.1, -0.05) is 19.0 Å². The molecule has 0 bridgehead atoms. The van der Waals surface area contributed by atoms with Crippen LogP contribution in [0.15, 0.2) is 22.7 Å². The molecule has 18 heavy (non-hydrogen) atoms. The molecule has 1 heterocycles. The van der Waals surface area contributed by atoms with E-state index >= 15 is 0 Å². The summed E-state index contributed by atoms with van der Waals surface area (Å²) in [6.07, 6.45) is 0. The highest BCUT2D eigenvalue weighted by Gasteiger charge is 2.11. The summed E-state index contributed by atoms with van der Waals surface area (Å²) in [7, 11) is 0. The van der Waals surface area contributed by atoms with Gasteiger partial charge in [0.1, 0.15) is 0 Å². The topological polar surface area (TPSA) is 51.0 Å². The van der Waals surface area contributed by atoms with Gasteiger partial charge in [0.25, 0.3) is 0 Å². The lowest BCUT2D eigenvalue weighted by Crippen LogP contribution is -2.21. The molecule has 0 aliphatic rings. The van der Waals surface area contributed by atoms with Crippen molar-refractivity contribution in [2.45, 2.75) is 26.4 Å². The average molecular weight is 253 g/mol. The zero-order chi connectivity index (χ0) is 13.1. The first-order valence-corrected chi connectivity index (χ1v) is 5.57. The molecule has 2 aromatic rings. The summed E-state index contributed by atoms with van der Waals surface area (Å²) in [6.45, 7) is 4.42. The minimum Gasteiger partial charge on any atom is -0.338 e. The van der Waals surface area contributed by atoms with E-state index in [4.69, 9.17) is 4.52 Å². The molecule has 0 amide bonds. The molecule has 0 atom stereocenters. The van der Waals surface area contributed by atoms with E-state index in [9.17, 15) is 8.78 Å². The normalized spacial score (nSPS) is 11.2. The van der Waals surface area contributed by atoms with Gasteiger partial charge in [-0.05, 0) is 18.2 Å². The maximum Gasteiger partial charge on any atom is 0.240 e. The largest absolute Gasteiger partial charge is 0.338 e. The lowest BCUT2D eigenvalue weighted by atomic mass is 10.2. The summed E-state index contributed by atoms with van der Waals surface area (Å²) in [6, 6.07) is 3.78. The van der Waals surface area contributed by atoms with Crippen molar-refractivity contribution in [2.24, 2.45) is 0 Å². The van der Waals surface area contributed by atoms with Gasteiger partial charge in [0.05, 0.1) is 6.54 Å². The van der Waals surface area contributed by atoms with Gasteiger partial charge < -0.3 is 9.84 Å². The van der Waals surface area contributed by atoms with Gasteiger partial charge >= 0.3 is 0 Å². The lowest BCUT2D eigenvalue weighted by Gasteiger charge is -2.02. The van der Waals surface area contributed by atoms with Crippen molar-refractivity contribution in [1.82, 2.24) is 15.5 Å². The van der Waals surface area contributed by atoms with E-state index in [-0.39, 0.29) is 5.82 Å². The molecule has 6 heteroatoms. The van der Waals surface area contributed by atoms with Crippen molar-refractivity contribution < 1.29 is 13.3 Å². The monoisotopic (exact) mass is 253 g/mol. The summed E-state index contributed by atoms with van der Waals surface area (Å²) >= 11 is 0. The highest BCUT2D eigenvalue weighted by atomic mass is 19.2. The number of halogens is 2. The molecular weight excluding hydrogens is 240 g/mol. The van der Waals surface area contributed by atoms with Crippen LogP contribution in [-0.4, -0.2) is 16.2 Å². The fourth-order valence-electron chi connectivity index (χ4n) is 1.37. The van der Waals surface area contributed by atoms with Gasteiger partial charge in [0.2, 0.25) is 11.7 Å². The smallest absolute Gasteiger partial charge is 0.240 e. The molecule has 0 spiro atoms. The Balaban J connectivity index is 2.16. The fourth-order valence-corrected chi connectivity index (χ4v) is 1.37. The predicted molar refractivity (Wildman–Crippen MR) is 61.6 cm³/mol. The Labute approximate surface area is 103 Å². The van der Waals surface area contributed by atoms with Gasteiger partial charge in [0.15, 0.2) is 11.6 Å². The molecule has 0 aliphatic carbocycles. The molecule has 0 unspecified atom stereocenters. The van der Waals surface area contributed by atoms with Crippen LogP contribution in [-0.2, 0) is 6.54 Å². The standard InChI is InChI=1S/C12H13F2N3O/c1-7(2)15-6-11-16-12(17-18-11)8-3-4-9(13)10(14)5-8/h3-5,7,15H,6H2,1-2H3. The second-order valence-corrected chi connectivity index (χ2v) is 4.18. The first-order valence-electron chi connectivity index (χ1n) is 5.57. The van der Waals surface area contributed by atoms with E-state index in [0.717, 1.165) is 12.1 Å². The number of aromatic nitrogens is 2. The molecule has 4 nitrogen and oxygen atoms in total. The quantitative estimate of drug-likeness (QED) is 0.909. The first kappa shape index (κ1) is 12.6. The Morgan fingerprint density at radius 1 is 1.28 bits per heavy atom. The van der Waals surface area contributed by atoms with Crippen molar-refractivity contribution in [3.8, 4) is 11.4 Å². The Kier molecular flexibility index (Phi) is 3.66. The highest BCUT2D eigenvalue weighted by Crippen LogP contribution is 2.18. The molecule has 0 saturated carbocycles. The van der Waals surface area contributed by atoms with E-state index in [0.29, 0.717) is 24.0 Å². The molecule has 0 aliphatic heterocycles. The number of hydrogen-bond donors (Lipinski definition) is 1. The van der Waals surface area contributed by atoms with Crippen LogP contribution in [0.5, 0.6) is 0 Å². The first-order chi connectivity index (χ1) is 8.56. The SMILES string of the molecule is CC(C)NCc1nc(-c2ccc(F)c(F)c2)no1. The Morgan fingerprint density at radius 3 is 2.72 bits per heavy atom. The van der Waals surface area contributed by atoms with Crippen molar-refractivity contribution in [3.05, 3.63) is 35.7 Å². The molecule has 1 aromatic carbocycles. The molecule has 2 rings (SSSR count). The predicted octanol–water partition coefficient (Wildman–Crippen LogP) is 2.51. The summed E-state index contributed by atoms with van der Waals surface area (Å²) in [5.41, 5.74) is 0.383. The molecule has 1 aromatic heterocycles. The third-order valence-electron chi connectivity index (χ3n) is 2.31. The Morgan fingerprint density at radius 2 is 2.06 bits per heavy atom. The van der Waals surface area contributed by atoms with Crippen LogP contribution in [0.3, 0.4) is 0 Å². The maximum atomic E-state index is 13.1. The fraction of sp³-hybridized carbons (Fsp3) is 0.333. The summed E-state index contributed by atoms with van der Waals surface area (Å²) in [5, 5.41) is 6.84. The van der Waals surface area contributed by atoms with Gasteiger partial charge in [-0.15, -0.1) is 0 Å². The summed E-state index contributed by atoms with van der Waals surface area (Å²) < 4.78 is 30.8. The van der Waals surface area contributed by atoms with Crippen molar-refractivity contribution in [2.75, 3.05) is 0 Å². The van der Waals surface area contributed by atoms with Crippen LogP contribution in [0.1, 0.15) is 19.7 Å². The second kappa shape index (κ2) is 5.22. The van der Waals surface area contributed by atoms with E-state index in [1.807, 2.05) is 13.8 Å². The average Bonchev–Trinajstić information content (AvgIpc) is 2.79. The highest BCUT2D eigenvalue weighted by molar-refractivity contribution is 5.54. The van der Waals surface area contributed by atoms with Gasteiger partial charge in [-0.25, -0.2) is 8.78 Å². The lowest BCUT2D eigenvalue weighted by molar-refractivity contribution is 0.362. The third kappa shape index (κ3) is 2.89. The van der Waals surface area contributed by atoms with Crippen molar-refractivity contribution >= 4 is 0 Å². The number of nitrogens with zero attached hydrogens (tertiary/aromatic N) is 2. The Bertz CT molecular complexity index is 540. The minimum absolute atomic E-state index is 0.245. The molecule has 0 radical (unpaired) electrons. The van der Waals surface area contributed by atoms with Gasteiger partial charge in [-0.2, -0.15) is 4.98 Å². The molecule has 1 N–H and O–H groups in total. The third-order valence-corrected chi connectivity index (χ3v) is 2.31.